The molecule has 110 valence electrons. The maximum Gasteiger partial charge on any atom is 0.170 e. The highest BCUT2D eigenvalue weighted by atomic mass is 16.5. The number of hydrogen-bond donors (Lipinski definition) is 0. The molecule has 0 N–H and O–H groups in total. The predicted octanol–water partition coefficient (Wildman–Crippen LogP) is 3.13. The quantitative estimate of drug-likeness (QED) is 0.751. The van der Waals surface area contributed by atoms with Gasteiger partial charge >= 0.3 is 0 Å². The molecule has 0 aliphatic carbocycles. The summed E-state index contributed by atoms with van der Waals surface area (Å²) in [6.45, 7) is 7.39. The van der Waals surface area contributed by atoms with E-state index in [1.807, 2.05) is 32.9 Å². The van der Waals surface area contributed by atoms with Gasteiger partial charge in [-0.3, -0.25) is 9.79 Å². The van der Waals surface area contributed by atoms with Gasteiger partial charge in [0.05, 0.1) is 7.11 Å². The van der Waals surface area contributed by atoms with Crippen LogP contribution in [0.2, 0.25) is 0 Å². The predicted molar refractivity (Wildman–Crippen MR) is 81.1 cm³/mol. The van der Waals surface area contributed by atoms with Gasteiger partial charge < -0.3 is 9.47 Å². The zero-order valence-electron chi connectivity index (χ0n) is 13.1. The number of rotatable bonds is 6. The number of carbonyl (C=O) groups is 1. The van der Waals surface area contributed by atoms with E-state index in [0.29, 0.717) is 11.5 Å². The molecule has 0 spiro atoms. The molecule has 1 aromatic carbocycles. The lowest BCUT2D eigenvalue weighted by Crippen LogP contribution is -2.30. The van der Waals surface area contributed by atoms with E-state index in [-0.39, 0.29) is 11.7 Å². The van der Waals surface area contributed by atoms with E-state index in [2.05, 4.69) is 4.99 Å². The summed E-state index contributed by atoms with van der Waals surface area (Å²) in [6.07, 6.45) is -0.438. The van der Waals surface area contributed by atoms with Crippen molar-refractivity contribution in [2.45, 2.75) is 33.8 Å². The first-order chi connectivity index (χ1) is 9.40. The van der Waals surface area contributed by atoms with Gasteiger partial charge in [-0.2, -0.15) is 0 Å². The van der Waals surface area contributed by atoms with E-state index in [1.54, 1.807) is 27.1 Å². The highest BCUT2D eigenvalue weighted by Crippen LogP contribution is 2.27. The second-order valence-electron chi connectivity index (χ2n) is 5.06. The summed E-state index contributed by atoms with van der Waals surface area (Å²) >= 11 is 0. The lowest BCUT2D eigenvalue weighted by atomic mass is 10.0. The summed E-state index contributed by atoms with van der Waals surface area (Å²) in [6, 6.07) is 5.53. The molecule has 0 bridgehead atoms. The van der Waals surface area contributed by atoms with Gasteiger partial charge in [0.2, 0.25) is 0 Å². The Hall–Kier alpha value is -1.84. The lowest BCUT2D eigenvalue weighted by Gasteiger charge is -2.20. The second-order valence-corrected chi connectivity index (χ2v) is 5.06. The molecule has 1 rings (SSSR count). The maximum absolute atomic E-state index is 11.6. The summed E-state index contributed by atoms with van der Waals surface area (Å²) in [5.41, 5.74) is 1.81. The Morgan fingerprint density at radius 1 is 1.25 bits per heavy atom. The zero-order chi connectivity index (χ0) is 15.3. The Labute approximate surface area is 120 Å². The van der Waals surface area contributed by atoms with E-state index in [9.17, 15) is 4.79 Å². The summed E-state index contributed by atoms with van der Waals surface area (Å²) in [5, 5.41) is 0. The van der Waals surface area contributed by atoms with Gasteiger partial charge in [-0.15, -0.1) is 0 Å². The van der Waals surface area contributed by atoms with Crippen molar-refractivity contribution in [2.75, 3.05) is 14.2 Å². The van der Waals surface area contributed by atoms with E-state index in [4.69, 9.17) is 9.47 Å². The van der Waals surface area contributed by atoms with Crippen molar-refractivity contribution in [3.8, 4) is 11.5 Å². The Balaban J connectivity index is 3.07. The van der Waals surface area contributed by atoms with Crippen LogP contribution < -0.4 is 9.47 Å². The molecular formula is C16H23NO3. The highest BCUT2D eigenvalue weighted by Gasteiger charge is 2.21. The zero-order valence-corrected chi connectivity index (χ0v) is 13.1. The molecular weight excluding hydrogens is 254 g/mol. The van der Waals surface area contributed by atoms with Crippen LogP contribution in [0.4, 0.5) is 0 Å². The van der Waals surface area contributed by atoms with E-state index in [1.165, 1.54) is 0 Å². The standard InChI is InChI=1S/C16H23NO3/c1-10(2)16(12(4)18)20-13-7-8-14(11(3)17-5)15(9-13)19-6/h7-10,16H,1-6H3. The van der Waals surface area contributed by atoms with Crippen LogP contribution in [0.3, 0.4) is 0 Å². The number of hydrogen-bond acceptors (Lipinski definition) is 4. The summed E-state index contributed by atoms with van der Waals surface area (Å²) < 4.78 is 11.1. The van der Waals surface area contributed by atoms with Gasteiger partial charge in [0.15, 0.2) is 11.9 Å². The molecule has 0 saturated carbocycles. The molecule has 20 heavy (non-hydrogen) atoms. The number of aliphatic imine (C=N–C) groups is 1. The van der Waals surface area contributed by atoms with Crippen LogP contribution >= 0.6 is 0 Å². The number of ketones is 1. The van der Waals surface area contributed by atoms with E-state index >= 15 is 0 Å². The van der Waals surface area contributed by atoms with Gasteiger partial charge in [-0.05, 0) is 31.9 Å². The largest absolute Gasteiger partial charge is 0.496 e. The molecule has 0 radical (unpaired) electrons. The Kier molecular flexibility index (Phi) is 5.74. The van der Waals surface area contributed by atoms with Crippen molar-refractivity contribution in [3.05, 3.63) is 23.8 Å². The van der Waals surface area contributed by atoms with Crippen LogP contribution in [0, 0.1) is 5.92 Å². The van der Waals surface area contributed by atoms with E-state index < -0.39 is 6.10 Å². The Morgan fingerprint density at radius 3 is 2.35 bits per heavy atom. The maximum atomic E-state index is 11.6. The first-order valence-electron chi connectivity index (χ1n) is 6.69. The molecule has 4 heteroatoms. The minimum Gasteiger partial charge on any atom is -0.496 e. The minimum absolute atomic E-state index is 0.0225. The minimum atomic E-state index is -0.438. The number of Topliss-reactive ketones (excluding diaryl/α,β-unsaturated/α-hetero) is 1. The van der Waals surface area contributed by atoms with Crippen LogP contribution in [-0.2, 0) is 4.79 Å². The van der Waals surface area contributed by atoms with Crippen LogP contribution in [0.5, 0.6) is 11.5 Å². The van der Waals surface area contributed by atoms with Crippen molar-refractivity contribution < 1.29 is 14.3 Å². The number of benzene rings is 1. The molecule has 0 heterocycles. The third-order valence-corrected chi connectivity index (χ3v) is 3.17. The van der Waals surface area contributed by atoms with Crippen molar-refractivity contribution in [3.63, 3.8) is 0 Å². The summed E-state index contributed by atoms with van der Waals surface area (Å²) in [7, 11) is 3.35. The normalized spacial score (nSPS) is 13.2. The Morgan fingerprint density at radius 2 is 1.90 bits per heavy atom. The molecule has 0 aliphatic rings. The van der Waals surface area contributed by atoms with Crippen LogP contribution in [0.25, 0.3) is 0 Å². The van der Waals surface area contributed by atoms with Crippen LogP contribution in [-0.4, -0.2) is 31.8 Å². The first-order valence-corrected chi connectivity index (χ1v) is 6.69. The molecule has 0 fully saturated rings. The fraction of sp³-hybridized carbons (Fsp3) is 0.500. The molecule has 0 aromatic heterocycles. The fourth-order valence-electron chi connectivity index (χ4n) is 2.00. The van der Waals surface area contributed by atoms with Crippen molar-refractivity contribution >= 4 is 11.5 Å². The van der Waals surface area contributed by atoms with Gasteiger partial charge in [0.1, 0.15) is 11.5 Å². The SMILES string of the molecule is CN=C(C)c1ccc(OC(C(C)=O)C(C)C)cc1OC. The fourth-order valence-corrected chi connectivity index (χ4v) is 2.00. The third kappa shape index (κ3) is 3.83. The molecule has 1 unspecified atom stereocenters. The van der Waals surface area contributed by atoms with Crippen molar-refractivity contribution in [1.82, 2.24) is 0 Å². The number of nitrogens with zero attached hydrogens (tertiary/aromatic N) is 1. The monoisotopic (exact) mass is 277 g/mol. The second kappa shape index (κ2) is 7.08. The van der Waals surface area contributed by atoms with E-state index in [0.717, 1.165) is 11.3 Å². The highest BCUT2D eigenvalue weighted by molar-refractivity contribution is 6.01. The van der Waals surface area contributed by atoms with Gasteiger partial charge in [0.25, 0.3) is 0 Å². The van der Waals surface area contributed by atoms with Crippen molar-refractivity contribution in [1.29, 1.82) is 0 Å². The van der Waals surface area contributed by atoms with Crippen molar-refractivity contribution in [2.24, 2.45) is 10.9 Å². The Bertz CT molecular complexity index is 506. The number of carbonyl (C=O) groups excluding carboxylic acids is 1. The molecule has 0 aliphatic heterocycles. The summed E-state index contributed by atoms with van der Waals surface area (Å²) in [5.74, 6) is 1.46. The smallest absolute Gasteiger partial charge is 0.170 e. The lowest BCUT2D eigenvalue weighted by molar-refractivity contribution is -0.125. The van der Waals surface area contributed by atoms with Gasteiger partial charge in [-0.1, -0.05) is 13.8 Å². The summed E-state index contributed by atoms with van der Waals surface area (Å²) in [4.78, 5) is 15.7. The van der Waals surface area contributed by atoms with Crippen LogP contribution in [0.1, 0.15) is 33.3 Å². The van der Waals surface area contributed by atoms with Crippen LogP contribution in [0.15, 0.2) is 23.2 Å². The average Bonchev–Trinajstić information content (AvgIpc) is 2.42. The molecule has 1 aromatic rings. The molecule has 0 amide bonds. The molecule has 0 saturated heterocycles. The number of ether oxygens (including phenoxy) is 2. The first kappa shape index (κ1) is 16.2. The molecule has 4 nitrogen and oxygen atoms in total. The molecule has 1 atom stereocenters. The van der Waals surface area contributed by atoms with Gasteiger partial charge in [-0.25, -0.2) is 0 Å². The average molecular weight is 277 g/mol. The topological polar surface area (TPSA) is 47.9 Å². The number of methoxy groups -OCH3 is 1. The van der Waals surface area contributed by atoms with Gasteiger partial charge in [0, 0.05) is 24.4 Å². The third-order valence-electron chi connectivity index (χ3n) is 3.17.